The van der Waals surface area contributed by atoms with Gasteiger partial charge in [0.25, 0.3) is 0 Å². The lowest BCUT2D eigenvalue weighted by atomic mass is 10.0. The Balaban J connectivity index is 1.62. The Morgan fingerprint density at radius 1 is 1.30 bits per heavy atom. The standard InChI is InChI=1S/C20H19N3O3S/c1-13-4-2-5-14(12-13)19(16-8-10-25-23-16)26-17-7-3-6-15(22-17)18(24)20-21-9-11-27-20/h2-8,10,12,19-21H,9,11H2,1H3. The second kappa shape index (κ2) is 7.94. The number of rotatable bonds is 6. The quantitative estimate of drug-likeness (QED) is 0.656. The molecule has 0 radical (unpaired) electrons. The Hall–Kier alpha value is -2.64. The maximum atomic E-state index is 12.6. The first-order chi connectivity index (χ1) is 13.2. The average molecular weight is 381 g/mol. The van der Waals surface area contributed by atoms with Crippen LogP contribution in [0.25, 0.3) is 0 Å². The summed E-state index contributed by atoms with van der Waals surface area (Å²) in [6, 6.07) is 15.0. The first-order valence-corrected chi connectivity index (χ1v) is 9.75. The number of carbonyl (C=O) groups excluding carboxylic acids is 1. The third kappa shape index (κ3) is 4.04. The van der Waals surface area contributed by atoms with Crippen LogP contribution in [0, 0.1) is 6.92 Å². The predicted molar refractivity (Wildman–Crippen MR) is 103 cm³/mol. The van der Waals surface area contributed by atoms with Crippen molar-refractivity contribution in [1.29, 1.82) is 0 Å². The zero-order chi connectivity index (χ0) is 18.6. The molecule has 27 heavy (non-hydrogen) atoms. The molecule has 0 saturated carbocycles. The van der Waals surface area contributed by atoms with Gasteiger partial charge in [-0.25, -0.2) is 4.98 Å². The summed E-state index contributed by atoms with van der Waals surface area (Å²) in [6.45, 7) is 2.85. The molecule has 1 N–H and O–H groups in total. The lowest BCUT2D eigenvalue weighted by molar-refractivity contribution is 0.0975. The number of aromatic nitrogens is 2. The Labute approximate surface area is 161 Å². The van der Waals surface area contributed by atoms with E-state index in [0.717, 1.165) is 23.4 Å². The summed E-state index contributed by atoms with van der Waals surface area (Å²) in [5.41, 5.74) is 3.09. The second-order valence-corrected chi connectivity index (χ2v) is 7.48. The third-order valence-electron chi connectivity index (χ3n) is 4.24. The number of hydrogen-bond acceptors (Lipinski definition) is 7. The number of pyridine rings is 1. The molecule has 0 aliphatic carbocycles. The molecule has 0 amide bonds. The van der Waals surface area contributed by atoms with Crippen molar-refractivity contribution in [1.82, 2.24) is 15.5 Å². The first kappa shape index (κ1) is 17.8. The highest BCUT2D eigenvalue weighted by Crippen LogP contribution is 2.28. The molecule has 1 aliphatic rings. The zero-order valence-electron chi connectivity index (χ0n) is 14.8. The summed E-state index contributed by atoms with van der Waals surface area (Å²) in [7, 11) is 0. The number of nitrogens with zero attached hydrogens (tertiary/aromatic N) is 2. The van der Waals surface area contributed by atoms with Gasteiger partial charge >= 0.3 is 0 Å². The highest BCUT2D eigenvalue weighted by molar-refractivity contribution is 8.00. The van der Waals surface area contributed by atoms with E-state index in [1.807, 2.05) is 31.2 Å². The van der Waals surface area contributed by atoms with E-state index in [4.69, 9.17) is 9.26 Å². The van der Waals surface area contributed by atoms with Gasteiger partial charge in [0, 0.05) is 24.4 Å². The van der Waals surface area contributed by atoms with Gasteiger partial charge in [0.2, 0.25) is 11.7 Å². The van der Waals surface area contributed by atoms with E-state index in [1.54, 1.807) is 36.0 Å². The molecule has 0 bridgehead atoms. The lowest BCUT2D eigenvalue weighted by Crippen LogP contribution is -2.29. The van der Waals surface area contributed by atoms with Crippen molar-refractivity contribution in [3.8, 4) is 5.88 Å². The molecule has 1 fully saturated rings. The second-order valence-electron chi connectivity index (χ2n) is 6.27. The Morgan fingerprint density at radius 2 is 2.19 bits per heavy atom. The molecule has 7 heteroatoms. The molecule has 2 unspecified atom stereocenters. The summed E-state index contributed by atoms with van der Waals surface area (Å²) in [5.74, 6) is 1.27. The topological polar surface area (TPSA) is 77.2 Å². The van der Waals surface area contributed by atoms with Crippen molar-refractivity contribution in [2.45, 2.75) is 18.4 Å². The van der Waals surface area contributed by atoms with Gasteiger partial charge in [-0.1, -0.05) is 41.1 Å². The molecule has 1 saturated heterocycles. The Morgan fingerprint density at radius 3 is 2.93 bits per heavy atom. The summed E-state index contributed by atoms with van der Waals surface area (Å²) in [6.07, 6.45) is 1.04. The van der Waals surface area contributed by atoms with Gasteiger partial charge in [-0.15, -0.1) is 11.8 Å². The van der Waals surface area contributed by atoms with Gasteiger partial charge in [0.05, 0.1) is 0 Å². The van der Waals surface area contributed by atoms with E-state index < -0.39 is 6.10 Å². The monoisotopic (exact) mass is 381 g/mol. The van der Waals surface area contributed by atoms with Crippen LogP contribution in [0.1, 0.15) is 33.4 Å². The normalized spacial score (nSPS) is 17.6. The minimum atomic E-state index is -0.472. The maximum absolute atomic E-state index is 12.6. The highest BCUT2D eigenvalue weighted by atomic mass is 32.2. The van der Waals surface area contributed by atoms with E-state index in [9.17, 15) is 4.79 Å². The van der Waals surface area contributed by atoms with Crippen LogP contribution in [0.4, 0.5) is 0 Å². The van der Waals surface area contributed by atoms with Gasteiger partial charge in [0.15, 0.2) is 6.10 Å². The van der Waals surface area contributed by atoms with Crippen LogP contribution >= 0.6 is 11.8 Å². The third-order valence-corrected chi connectivity index (χ3v) is 5.39. The molecule has 4 rings (SSSR count). The van der Waals surface area contributed by atoms with E-state index in [1.165, 1.54) is 6.26 Å². The molecular weight excluding hydrogens is 362 g/mol. The van der Waals surface area contributed by atoms with Crippen molar-refractivity contribution in [2.75, 3.05) is 12.3 Å². The predicted octanol–water partition coefficient (Wildman–Crippen LogP) is 3.39. The molecule has 3 aromatic rings. The van der Waals surface area contributed by atoms with Crippen molar-refractivity contribution in [2.24, 2.45) is 0 Å². The first-order valence-electron chi connectivity index (χ1n) is 8.70. The number of benzene rings is 1. The molecule has 2 atom stereocenters. The average Bonchev–Trinajstić information content (AvgIpc) is 3.40. The number of nitrogens with one attached hydrogen (secondary N) is 1. The molecule has 6 nitrogen and oxygen atoms in total. The molecule has 138 valence electrons. The van der Waals surface area contributed by atoms with Crippen LogP contribution in [-0.2, 0) is 0 Å². The van der Waals surface area contributed by atoms with Crippen LogP contribution in [0.3, 0.4) is 0 Å². The molecule has 1 aromatic carbocycles. The number of carbonyl (C=O) groups is 1. The summed E-state index contributed by atoms with van der Waals surface area (Å²) in [5, 5.41) is 6.97. The number of ketones is 1. The molecule has 3 heterocycles. The minimum absolute atomic E-state index is 0.0310. The van der Waals surface area contributed by atoms with Crippen molar-refractivity contribution < 1.29 is 14.1 Å². The minimum Gasteiger partial charge on any atom is -0.463 e. The van der Waals surface area contributed by atoms with Gasteiger partial charge < -0.3 is 9.26 Å². The van der Waals surface area contributed by atoms with E-state index in [0.29, 0.717) is 17.3 Å². The number of hydrogen-bond donors (Lipinski definition) is 1. The number of ether oxygens (including phenoxy) is 1. The van der Waals surface area contributed by atoms with Crippen molar-refractivity contribution in [3.63, 3.8) is 0 Å². The molecule has 2 aromatic heterocycles. The largest absolute Gasteiger partial charge is 0.463 e. The van der Waals surface area contributed by atoms with E-state index in [-0.39, 0.29) is 11.2 Å². The fourth-order valence-electron chi connectivity index (χ4n) is 2.96. The van der Waals surface area contributed by atoms with Crippen LogP contribution in [-0.4, -0.2) is 33.6 Å². The smallest absolute Gasteiger partial charge is 0.214 e. The van der Waals surface area contributed by atoms with Crippen molar-refractivity contribution in [3.05, 3.63) is 77.3 Å². The SMILES string of the molecule is Cc1cccc(C(Oc2cccc(C(=O)C3NCCS3)n2)c2ccon2)c1. The number of Topliss-reactive ketones (excluding diaryl/α,β-unsaturated/α-hetero) is 1. The fraction of sp³-hybridized carbons (Fsp3) is 0.250. The highest BCUT2D eigenvalue weighted by Gasteiger charge is 2.26. The Kier molecular flexibility index (Phi) is 5.22. The molecular formula is C20H19N3O3S. The number of thioether (sulfide) groups is 1. The van der Waals surface area contributed by atoms with Gasteiger partial charge in [-0.2, -0.15) is 0 Å². The van der Waals surface area contributed by atoms with Crippen LogP contribution in [0.2, 0.25) is 0 Å². The zero-order valence-corrected chi connectivity index (χ0v) is 15.6. The van der Waals surface area contributed by atoms with Gasteiger partial charge in [-0.3, -0.25) is 10.1 Å². The summed E-state index contributed by atoms with van der Waals surface area (Å²) < 4.78 is 11.1. The fourth-order valence-corrected chi connectivity index (χ4v) is 3.94. The van der Waals surface area contributed by atoms with Crippen molar-refractivity contribution >= 4 is 17.5 Å². The number of aryl methyl sites for hydroxylation is 1. The maximum Gasteiger partial charge on any atom is 0.214 e. The summed E-state index contributed by atoms with van der Waals surface area (Å²) in [4.78, 5) is 17.0. The van der Waals surface area contributed by atoms with Crippen LogP contribution < -0.4 is 10.1 Å². The van der Waals surface area contributed by atoms with E-state index >= 15 is 0 Å². The van der Waals surface area contributed by atoms with Crippen LogP contribution in [0.5, 0.6) is 5.88 Å². The summed E-state index contributed by atoms with van der Waals surface area (Å²) >= 11 is 1.60. The van der Waals surface area contributed by atoms with Gasteiger partial charge in [0.1, 0.15) is 23.0 Å². The van der Waals surface area contributed by atoms with E-state index in [2.05, 4.69) is 15.5 Å². The van der Waals surface area contributed by atoms with Gasteiger partial charge in [-0.05, 0) is 18.6 Å². The Bertz CT molecular complexity index is 924. The van der Waals surface area contributed by atoms with Crippen LogP contribution in [0.15, 0.2) is 59.3 Å². The molecule has 1 aliphatic heterocycles. The molecule has 0 spiro atoms. The lowest BCUT2D eigenvalue weighted by Gasteiger charge is -2.17.